The quantitative estimate of drug-likeness (QED) is 0.201. The Bertz CT molecular complexity index is 2570. The number of nitrogens with one attached hydrogen (secondary N) is 1. The minimum Gasteiger partial charge on any atom is -0.344 e. The Morgan fingerprint density at radius 3 is 1.92 bits per heavy atom. The Morgan fingerprint density at radius 2 is 1.18 bits per heavy atom. The van der Waals surface area contributed by atoms with Gasteiger partial charge >= 0.3 is 0 Å². The van der Waals surface area contributed by atoms with Gasteiger partial charge in [0.25, 0.3) is 0 Å². The average molecular weight is 655 g/mol. The first-order valence-corrected chi connectivity index (χ1v) is 17.3. The van der Waals surface area contributed by atoms with Crippen molar-refractivity contribution in [1.29, 1.82) is 5.26 Å². The highest BCUT2D eigenvalue weighted by Gasteiger charge is 2.36. The van der Waals surface area contributed by atoms with Crippen molar-refractivity contribution >= 4 is 22.4 Å². The second-order valence-corrected chi connectivity index (χ2v) is 13.8. The summed E-state index contributed by atoms with van der Waals surface area (Å²) in [6.45, 7) is 4.51. The predicted octanol–water partition coefficient (Wildman–Crippen LogP) is 10.8. The van der Waals surface area contributed by atoms with E-state index in [1.165, 1.54) is 33.2 Å². The minimum atomic E-state index is -0.365. The smallest absolute Gasteiger partial charge is 0.159 e. The predicted molar refractivity (Wildman–Crippen MR) is 209 cm³/mol. The van der Waals surface area contributed by atoms with Crippen LogP contribution in [0.3, 0.4) is 0 Å². The molecule has 0 bridgehead atoms. The van der Waals surface area contributed by atoms with Crippen LogP contribution in [-0.2, 0) is 5.41 Å². The molecular weight excluding hydrogens is 621 g/mol. The first-order chi connectivity index (χ1) is 25.0. The third-order valence-corrected chi connectivity index (χ3v) is 10.4. The van der Waals surface area contributed by atoms with Crippen LogP contribution in [0.5, 0.6) is 0 Å². The fourth-order valence-corrected chi connectivity index (χ4v) is 7.73. The first-order valence-electron chi connectivity index (χ1n) is 17.3. The van der Waals surface area contributed by atoms with Gasteiger partial charge in [0.2, 0.25) is 0 Å². The molecule has 0 saturated heterocycles. The first kappa shape index (κ1) is 30.5. The summed E-state index contributed by atoms with van der Waals surface area (Å²) in [5.74, 6) is 1.51. The van der Waals surface area contributed by atoms with E-state index < -0.39 is 0 Å². The lowest BCUT2D eigenvalue weighted by atomic mass is 9.81. The summed E-state index contributed by atoms with van der Waals surface area (Å²) in [5.41, 5.74) is 13.2. The van der Waals surface area contributed by atoms with Gasteiger partial charge in [-0.3, -0.25) is 0 Å². The van der Waals surface area contributed by atoms with Gasteiger partial charge in [0, 0.05) is 22.1 Å². The van der Waals surface area contributed by atoms with Gasteiger partial charge in [-0.15, -0.1) is 0 Å². The number of rotatable bonds is 5. The minimum absolute atomic E-state index is 0.193. The maximum Gasteiger partial charge on any atom is 0.159 e. The third kappa shape index (κ3) is 5.23. The molecular formula is C47H34N4. The van der Waals surface area contributed by atoms with Crippen molar-refractivity contribution in [2.45, 2.75) is 25.4 Å². The summed E-state index contributed by atoms with van der Waals surface area (Å²) in [4.78, 5) is 10.3. The zero-order valence-electron chi connectivity index (χ0n) is 28.4. The molecule has 0 fully saturated rings. The third-order valence-electron chi connectivity index (χ3n) is 10.4. The zero-order chi connectivity index (χ0) is 34.5. The van der Waals surface area contributed by atoms with Crippen LogP contribution in [0.2, 0.25) is 0 Å². The molecule has 1 unspecified atom stereocenters. The topological polar surface area (TPSA) is 60.5 Å². The van der Waals surface area contributed by atoms with Crippen LogP contribution in [0, 0.1) is 11.3 Å². The van der Waals surface area contributed by atoms with Crippen LogP contribution in [0.15, 0.2) is 168 Å². The molecule has 1 aliphatic carbocycles. The van der Waals surface area contributed by atoms with E-state index in [9.17, 15) is 5.26 Å². The van der Waals surface area contributed by atoms with E-state index in [0.717, 1.165) is 44.6 Å². The van der Waals surface area contributed by atoms with Crippen LogP contribution in [0.1, 0.15) is 53.4 Å². The molecule has 1 atom stereocenters. The monoisotopic (exact) mass is 654 g/mol. The molecule has 0 radical (unpaired) electrons. The molecule has 1 aliphatic heterocycles. The highest BCUT2D eigenvalue weighted by atomic mass is 15.2. The van der Waals surface area contributed by atoms with Crippen molar-refractivity contribution < 1.29 is 0 Å². The van der Waals surface area contributed by atoms with Gasteiger partial charge in [-0.2, -0.15) is 5.26 Å². The maximum atomic E-state index is 9.55. The molecule has 0 spiro atoms. The lowest BCUT2D eigenvalue weighted by Gasteiger charge is -2.26. The molecule has 7 aromatic rings. The molecule has 0 amide bonds. The van der Waals surface area contributed by atoms with Crippen LogP contribution < -0.4 is 5.32 Å². The van der Waals surface area contributed by atoms with Gasteiger partial charge in [-0.1, -0.05) is 153 Å². The largest absolute Gasteiger partial charge is 0.344 e. The number of nitriles is 1. The van der Waals surface area contributed by atoms with Gasteiger partial charge < -0.3 is 5.32 Å². The Balaban J connectivity index is 1.13. The van der Waals surface area contributed by atoms with Crippen LogP contribution >= 0.6 is 0 Å². The van der Waals surface area contributed by atoms with Gasteiger partial charge in [0.05, 0.1) is 11.6 Å². The molecule has 0 saturated carbocycles. The van der Waals surface area contributed by atoms with E-state index in [-0.39, 0.29) is 11.6 Å². The average Bonchev–Trinajstić information content (AvgIpc) is 3.42. The summed E-state index contributed by atoms with van der Waals surface area (Å²) in [5, 5.41) is 15.6. The van der Waals surface area contributed by atoms with Crippen molar-refractivity contribution in [3.63, 3.8) is 0 Å². The van der Waals surface area contributed by atoms with Gasteiger partial charge in [0.15, 0.2) is 5.84 Å². The number of benzene rings is 7. The van der Waals surface area contributed by atoms with E-state index in [1.807, 2.05) is 48.5 Å². The maximum absolute atomic E-state index is 9.55. The molecule has 9 rings (SSSR count). The molecule has 1 heterocycles. The fraction of sp³-hybridized carbons (Fsp3) is 0.0851. The molecule has 4 nitrogen and oxygen atoms in total. The number of hydrogen-bond donors (Lipinski definition) is 1. The lowest BCUT2D eigenvalue weighted by Crippen LogP contribution is -2.34. The Morgan fingerprint density at radius 1 is 0.569 bits per heavy atom. The zero-order valence-corrected chi connectivity index (χ0v) is 28.4. The lowest BCUT2D eigenvalue weighted by molar-refractivity contribution is 0.660. The summed E-state index contributed by atoms with van der Waals surface area (Å²) in [6.07, 6.45) is -0.365. The number of amidine groups is 2. The van der Waals surface area contributed by atoms with Crippen molar-refractivity contribution in [1.82, 2.24) is 5.32 Å². The van der Waals surface area contributed by atoms with Crippen molar-refractivity contribution in [3.8, 4) is 39.4 Å². The molecule has 1 N–H and O–H groups in total. The molecule has 51 heavy (non-hydrogen) atoms. The van der Waals surface area contributed by atoms with Crippen molar-refractivity contribution in [2.75, 3.05) is 0 Å². The molecule has 0 aromatic heterocycles. The summed E-state index contributed by atoms with van der Waals surface area (Å²) < 4.78 is 0. The van der Waals surface area contributed by atoms with E-state index in [0.29, 0.717) is 11.4 Å². The number of nitrogens with zero attached hydrogens (tertiary/aromatic N) is 3. The fourth-order valence-electron chi connectivity index (χ4n) is 7.73. The highest BCUT2D eigenvalue weighted by molar-refractivity contribution is 6.13. The van der Waals surface area contributed by atoms with Crippen LogP contribution in [0.25, 0.3) is 44.2 Å². The Labute approximate surface area is 298 Å². The number of fused-ring (bicyclic) bond motifs is 4. The van der Waals surface area contributed by atoms with Crippen LogP contribution in [-0.4, -0.2) is 11.7 Å². The standard InChI is InChI=1S/C47H34N4/c1-47(2)41-27-30(29-48)17-24-39(41)40-26-23-36(28-42(40)47)31-18-20-33(21-19-31)38-25-22-32-11-9-10-16-37(32)43(38)46-50-44(34-12-5-3-6-13-34)49-45(51-46)35-14-7-4-8-15-35/h3-28,46H,1-2H3,(H,49,50,51). The molecule has 7 aromatic carbocycles. The van der Waals surface area contributed by atoms with E-state index in [4.69, 9.17) is 9.98 Å². The van der Waals surface area contributed by atoms with Gasteiger partial charge in [-0.05, 0) is 73.5 Å². The second-order valence-electron chi connectivity index (χ2n) is 13.8. The van der Waals surface area contributed by atoms with E-state index in [1.54, 1.807) is 0 Å². The SMILES string of the molecule is CC1(C)c2cc(C#N)ccc2-c2ccc(-c3ccc(-c4ccc5ccccc5c4C4N=C(c5ccccc5)N=C(c5ccccc5)N4)cc3)cc21. The number of aliphatic imine (C=N–C) groups is 2. The number of hydrogen-bond acceptors (Lipinski definition) is 4. The Kier molecular flexibility index (Phi) is 7.22. The molecule has 2 aliphatic rings. The summed E-state index contributed by atoms with van der Waals surface area (Å²) in [6, 6.07) is 57.5. The van der Waals surface area contributed by atoms with Crippen molar-refractivity contribution in [2.24, 2.45) is 9.98 Å². The van der Waals surface area contributed by atoms with E-state index in [2.05, 4.69) is 134 Å². The van der Waals surface area contributed by atoms with Crippen molar-refractivity contribution in [3.05, 3.63) is 191 Å². The normalized spacial score (nSPS) is 15.6. The van der Waals surface area contributed by atoms with Crippen LogP contribution in [0.4, 0.5) is 0 Å². The molecule has 242 valence electrons. The Hall–Kier alpha value is -6.57. The van der Waals surface area contributed by atoms with Gasteiger partial charge in [-0.25, -0.2) is 9.98 Å². The highest BCUT2D eigenvalue weighted by Crippen LogP contribution is 2.50. The summed E-state index contributed by atoms with van der Waals surface area (Å²) in [7, 11) is 0. The van der Waals surface area contributed by atoms with Gasteiger partial charge in [0.1, 0.15) is 12.0 Å². The van der Waals surface area contributed by atoms with E-state index >= 15 is 0 Å². The molecule has 4 heteroatoms. The summed E-state index contributed by atoms with van der Waals surface area (Å²) >= 11 is 0. The second kappa shape index (κ2) is 12.1.